The Hall–Kier alpha value is -13.7. The first-order valence-corrected chi connectivity index (χ1v) is 38.8. The van der Waals surface area contributed by atoms with Gasteiger partial charge in [-0.2, -0.15) is 0 Å². The van der Waals surface area contributed by atoms with Crippen LogP contribution < -0.4 is 0 Å². The van der Waals surface area contributed by atoms with Crippen molar-refractivity contribution in [2.24, 2.45) is 11.8 Å². The fourth-order valence-corrected chi connectivity index (χ4v) is 20.7. The van der Waals surface area contributed by atoms with E-state index in [9.17, 15) is 0 Å². The van der Waals surface area contributed by atoms with Crippen LogP contribution in [0.1, 0.15) is 114 Å². The van der Waals surface area contributed by atoms with Crippen LogP contribution >= 0.6 is 0 Å². The van der Waals surface area contributed by atoms with Gasteiger partial charge in [0, 0.05) is 44.7 Å². The molecule has 1 heterocycles. The van der Waals surface area contributed by atoms with Gasteiger partial charge < -0.3 is 4.57 Å². The molecule has 13 aromatic carbocycles. The predicted molar refractivity (Wildman–Crippen MR) is 460 cm³/mol. The minimum absolute atomic E-state index is 0.0211. The van der Waals surface area contributed by atoms with E-state index in [1.165, 1.54) is 228 Å². The maximum Gasteiger partial charge on any atom is 0.0625 e. The Labute approximate surface area is 641 Å². The highest BCUT2D eigenvalue weighted by molar-refractivity contribution is 6.38. The summed E-state index contributed by atoms with van der Waals surface area (Å²) >= 11 is 0. The zero-order valence-electron chi connectivity index (χ0n) is 61.0. The fraction of sp³-hybridized carbons (Fsp3) is 0.0459. The summed E-state index contributed by atoms with van der Waals surface area (Å²) in [6.45, 7) is 4.73. The number of rotatable bonds is 6. The monoisotopic (exact) mass is 1390 g/mol. The molecule has 11 aliphatic carbocycles. The number of allylic oxidation sites excluding steroid dienone is 21. The summed E-state index contributed by atoms with van der Waals surface area (Å²) in [6, 6.07) is 120. The smallest absolute Gasteiger partial charge is 0.0625 e. The Balaban J connectivity index is 0.0000000991. The van der Waals surface area contributed by atoms with E-state index in [0.29, 0.717) is 11.8 Å². The van der Waals surface area contributed by atoms with Crippen molar-refractivity contribution in [3.05, 3.63) is 510 Å². The van der Waals surface area contributed by atoms with Crippen LogP contribution in [0, 0.1) is 11.8 Å². The minimum atomic E-state index is -0.0211. The fourth-order valence-electron chi connectivity index (χ4n) is 20.7. The van der Waals surface area contributed by atoms with E-state index in [4.69, 9.17) is 0 Å². The first-order chi connectivity index (χ1) is 54.4. The van der Waals surface area contributed by atoms with E-state index in [2.05, 4.69) is 401 Å². The lowest BCUT2D eigenvalue weighted by Gasteiger charge is -2.42. The molecule has 14 aromatic rings. The van der Waals surface area contributed by atoms with Gasteiger partial charge in [0.2, 0.25) is 0 Å². The van der Waals surface area contributed by atoms with Gasteiger partial charge in [-0.1, -0.05) is 378 Å². The average Bonchev–Trinajstić information content (AvgIpc) is 1.52. The lowest BCUT2D eigenvalue weighted by atomic mass is 9.61. The topological polar surface area (TPSA) is 4.93 Å². The molecule has 2 atom stereocenters. The normalized spacial score (nSPS) is 17.8. The van der Waals surface area contributed by atoms with Crippen molar-refractivity contribution in [2.75, 3.05) is 0 Å². The first kappa shape index (κ1) is 62.5. The van der Waals surface area contributed by atoms with Gasteiger partial charge in [-0.25, -0.2) is 0 Å². The van der Waals surface area contributed by atoms with E-state index in [1.54, 1.807) is 0 Å². The summed E-state index contributed by atoms with van der Waals surface area (Å²) in [5.41, 5.74) is 52.6. The van der Waals surface area contributed by atoms with Gasteiger partial charge in [0.25, 0.3) is 0 Å². The molecule has 1 heteroatoms. The number of fused-ring (bicyclic) bond motifs is 21. The number of benzene rings is 13. The lowest BCUT2D eigenvalue weighted by molar-refractivity contribution is 0.559. The molecule has 0 bridgehead atoms. The van der Waals surface area contributed by atoms with Crippen LogP contribution in [0.2, 0.25) is 0 Å². The summed E-state index contributed by atoms with van der Waals surface area (Å²) in [7, 11) is 0. The minimum Gasteiger partial charge on any atom is -0.308 e. The second-order valence-electron chi connectivity index (χ2n) is 31.0. The summed E-state index contributed by atoms with van der Waals surface area (Å²) in [5.74, 6) is 0.780. The summed E-state index contributed by atoms with van der Waals surface area (Å²) in [4.78, 5) is 0. The number of aromatic nitrogens is 1. The molecule has 25 rings (SSSR count). The van der Waals surface area contributed by atoms with E-state index in [0.717, 1.165) is 0 Å². The van der Waals surface area contributed by atoms with Crippen molar-refractivity contribution >= 4 is 88.8 Å². The van der Waals surface area contributed by atoms with Crippen LogP contribution in [0.5, 0.6) is 0 Å². The Bertz CT molecular complexity index is 6860. The molecule has 512 valence electrons. The van der Waals surface area contributed by atoms with E-state index in [1.807, 2.05) is 0 Å². The number of hydrogen-bond acceptors (Lipinski definition) is 0. The van der Waals surface area contributed by atoms with Crippen molar-refractivity contribution in [3.8, 4) is 11.1 Å². The quantitative estimate of drug-likeness (QED) is 0.156. The van der Waals surface area contributed by atoms with Crippen LogP contribution in [-0.2, 0) is 5.41 Å². The Morgan fingerprint density at radius 1 is 0.245 bits per heavy atom. The Kier molecular flexibility index (Phi) is 13.7. The third-order valence-electron chi connectivity index (χ3n) is 25.1. The van der Waals surface area contributed by atoms with E-state index in [-0.39, 0.29) is 5.41 Å². The van der Waals surface area contributed by atoms with Crippen LogP contribution in [0.25, 0.3) is 99.9 Å². The van der Waals surface area contributed by atoms with Gasteiger partial charge in [0.15, 0.2) is 0 Å². The van der Waals surface area contributed by atoms with Gasteiger partial charge in [0.1, 0.15) is 0 Å². The molecule has 0 saturated carbocycles. The van der Waals surface area contributed by atoms with Gasteiger partial charge in [-0.3, -0.25) is 0 Å². The molecule has 11 aliphatic rings. The first-order valence-electron chi connectivity index (χ1n) is 38.8. The zero-order chi connectivity index (χ0) is 72.5. The lowest BCUT2D eigenvalue weighted by Crippen LogP contribution is -2.30. The highest BCUT2D eigenvalue weighted by Gasteiger charge is 2.46. The molecule has 0 radical (unpaired) electrons. The maximum atomic E-state index is 2.50. The maximum absolute atomic E-state index is 2.50. The van der Waals surface area contributed by atoms with Crippen LogP contribution in [0.15, 0.2) is 410 Å². The third-order valence-corrected chi connectivity index (χ3v) is 25.1. The average molecular weight is 1390 g/mol. The highest BCUT2D eigenvalue weighted by Crippen LogP contribution is 2.65. The molecule has 1 nitrogen and oxygen atoms in total. The summed E-state index contributed by atoms with van der Waals surface area (Å²) in [6.07, 6.45) is 20.9. The van der Waals surface area contributed by atoms with Crippen molar-refractivity contribution in [1.29, 1.82) is 0 Å². The molecule has 2 unspecified atom stereocenters. The van der Waals surface area contributed by atoms with Crippen molar-refractivity contribution in [1.82, 2.24) is 4.57 Å². The van der Waals surface area contributed by atoms with Gasteiger partial charge in [-0.05, 0) is 202 Å². The largest absolute Gasteiger partial charge is 0.308 e. The second kappa shape index (κ2) is 24.1. The zero-order valence-corrected chi connectivity index (χ0v) is 61.0. The molecule has 110 heavy (non-hydrogen) atoms. The third kappa shape index (κ3) is 8.92. The summed E-state index contributed by atoms with van der Waals surface area (Å²) < 4.78 is 2.50. The number of hydrogen-bond donors (Lipinski definition) is 0. The predicted octanol–water partition coefficient (Wildman–Crippen LogP) is 26.7. The van der Waals surface area contributed by atoms with E-state index >= 15 is 0 Å². The van der Waals surface area contributed by atoms with Crippen LogP contribution in [0.3, 0.4) is 0 Å². The molecule has 0 spiro atoms. The van der Waals surface area contributed by atoms with Crippen LogP contribution in [0.4, 0.5) is 0 Å². The van der Waals surface area contributed by atoms with Crippen molar-refractivity contribution in [3.63, 3.8) is 0 Å². The molecular formula is C109H71N. The van der Waals surface area contributed by atoms with Gasteiger partial charge in [0.05, 0.1) is 16.7 Å². The molecular weight excluding hydrogens is 1320 g/mol. The molecule has 0 N–H and O–H groups in total. The van der Waals surface area contributed by atoms with E-state index < -0.39 is 0 Å². The van der Waals surface area contributed by atoms with Crippen LogP contribution in [-0.4, -0.2) is 4.57 Å². The van der Waals surface area contributed by atoms with Gasteiger partial charge in [-0.15, -0.1) is 0 Å². The van der Waals surface area contributed by atoms with Gasteiger partial charge >= 0.3 is 0 Å². The standard InChI is InChI=1S/C38H24.C37H26.C34H21N/c1-2-10-23(11-3-1)35-27-15-4-6-17-29(27)38-36(28-16-5-7-18-30(28)37(35)38)32-22-26-14-8-12-24-20-21-25-13-9-19-31(32)34(25)33(24)26;1-37(2)31-19-11-10-14-25(31)26-21-20-24(22-32(26)37)34-28-16-7-9-18-30(28)35-33(23-12-4-3-5-13-23)27-15-6-8-17-29(27)36(34)35;1-2-12-22(13-3-1)31-25-16-4-5-17-26(25)33-32(31)27-18-6-7-19-28(27)34(33)35-29-20-10-8-14-23(29)24-15-9-11-21-30(24)35/h1-22,33-34H;3-22H,1-2H3;1-21H. The number of para-hydroxylation sites is 2. The molecule has 0 aliphatic heterocycles. The number of nitrogens with zero attached hydrogens (tertiary/aromatic N) is 1. The Morgan fingerprint density at radius 3 is 1.08 bits per heavy atom. The van der Waals surface area contributed by atoms with Crippen molar-refractivity contribution < 1.29 is 0 Å². The van der Waals surface area contributed by atoms with Crippen molar-refractivity contribution in [2.45, 2.75) is 19.3 Å². The molecule has 0 fully saturated rings. The Morgan fingerprint density at radius 2 is 0.591 bits per heavy atom. The molecule has 1 aromatic heterocycles. The summed E-state index contributed by atoms with van der Waals surface area (Å²) in [5, 5.41) is 2.58. The molecule has 0 amide bonds. The SMILES string of the molecule is C1=CC2=CC=C3C=CC=C4C(C5=C6C(=C(c7ccccc7)c7ccccc76)c6ccccc65)=CC(=C1)C2C34.CC1(C)c2ccccc2-c2ccc(C3=C4C(=C(c5ccccc5)c5ccccc54)c4ccccc43)cc21.c1ccc(C2=C3C(=C(n4c5ccccc5c5ccccc54)c4ccccc43)c3ccccc32)cc1. The highest BCUT2D eigenvalue weighted by atomic mass is 15.0. The molecule has 0 saturated heterocycles. The second-order valence-corrected chi connectivity index (χ2v) is 31.0.